The zero-order valence-corrected chi connectivity index (χ0v) is 19.3. The van der Waals surface area contributed by atoms with Gasteiger partial charge < -0.3 is 15.2 Å². The van der Waals surface area contributed by atoms with Crippen molar-refractivity contribution in [1.29, 1.82) is 5.26 Å². The highest BCUT2D eigenvalue weighted by Crippen LogP contribution is 2.43. The maximum atomic E-state index is 12.7. The zero-order valence-electron chi connectivity index (χ0n) is 18.6. The van der Waals surface area contributed by atoms with E-state index in [-0.39, 0.29) is 11.3 Å². The molecule has 0 fully saturated rings. The number of nitrogens with two attached hydrogens (primary N) is 1. The Labute approximate surface area is 198 Å². The Morgan fingerprint density at radius 3 is 2.45 bits per heavy atom. The maximum absolute atomic E-state index is 12.7. The van der Waals surface area contributed by atoms with E-state index in [2.05, 4.69) is 26.8 Å². The maximum Gasteiger partial charge on any atom is 0.343 e. The lowest BCUT2D eigenvalue weighted by atomic mass is 9.83. The molecule has 6 heteroatoms. The molecule has 0 spiro atoms. The minimum absolute atomic E-state index is 0.00643. The van der Waals surface area contributed by atoms with Crippen LogP contribution in [0.1, 0.15) is 53.7 Å². The van der Waals surface area contributed by atoms with Crippen LogP contribution < -0.4 is 15.2 Å². The van der Waals surface area contributed by atoms with Gasteiger partial charge in [0, 0.05) is 16.7 Å². The van der Waals surface area contributed by atoms with Crippen molar-refractivity contribution >= 4 is 17.6 Å². The summed E-state index contributed by atoms with van der Waals surface area (Å²) < 4.78 is 11.3. The number of fused-ring (bicyclic) bond motifs is 1. The van der Waals surface area contributed by atoms with Crippen molar-refractivity contribution in [2.45, 2.75) is 32.1 Å². The van der Waals surface area contributed by atoms with Crippen molar-refractivity contribution in [3.63, 3.8) is 0 Å². The molecule has 0 saturated carbocycles. The van der Waals surface area contributed by atoms with Gasteiger partial charge in [-0.15, -0.1) is 0 Å². The molecule has 2 N–H and O–H groups in total. The monoisotopic (exact) mass is 458 g/mol. The lowest BCUT2D eigenvalue weighted by Gasteiger charge is -2.26. The SMILES string of the molecule is CC(C)(C)c1ccc(C(=O)Oc2ccc3c(c2)OC(N)=C(C#N)C3c2cccc(Cl)c2)cc1. The van der Waals surface area contributed by atoms with E-state index in [9.17, 15) is 10.1 Å². The summed E-state index contributed by atoms with van der Waals surface area (Å²) in [4.78, 5) is 12.7. The lowest BCUT2D eigenvalue weighted by molar-refractivity contribution is 0.0734. The fourth-order valence-electron chi connectivity index (χ4n) is 3.80. The topological polar surface area (TPSA) is 85.3 Å². The summed E-state index contributed by atoms with van der Waals surface area (Å²) in [6.07, 6.45) is 0. The Kier molecular flexibility index (Phi) is 5.88. The Bertz CT molecular complexity index is 1300. The van der Waals surface area contributed by atoms with Crippen LogP contribution in [0.25, 0.3) is 0 Å². The lowest BCUT2D eigenvalue weighted by Crippen LogP contribution is -2.21. The zero-order chi connectivity index (χ0) is 23.8. The molecule has 0 aliphatic carbocycles. The van der Waals surface area contributed by atoms with Gasteiger partial charge in [-0.3, -0.25) is 0 Å². The van der Waals surface area contributed by atoms with E-state index in [0.717, 1.165) is 16.7 Å². The molecule has 0 bridgehead atoms. The first kappa shape index (κ1) is 22.4. The number of hydrogen-bond acceptors (Lipinski definition) is 5. The van der Waals surface area contributed by atoms with E-state index in [4.69, 9.17) is 26.8 Å². The van der Waals surface area contributed by atoms with E-state index >= 15 is 0 Å². The molecule has 0 saturated heterocycles. The van der Waals surface area contributed by atoms with Crippen LogP contribution in [-0.2, 0) is 5.41 Å². The number of nitrogens with zero attached hydrogens (tertiary/aromatic N) is 1. The largest absolute Gasteiger partial charge is 0.440 e. The van der Waals surface area contributed by atoms with Crippen LogP contribution in [0, 0.1) is 11.3 Å². The summed E-state index contributed by atoms with van der Waals surface area (Å²) in [6.45, 7) is 6.34. The first-order valence-corrected chi connectivity index (χ1v) is 10.8. The van der Waals surface area contributed by atoms with E-state index in [1.165, 1.54) is 0 Å². The Morgan fingerprint density at radius 1 is 1.09 bits per heavy atom. The Hall–Kier alpha value is -3.75. The molecule has 33 heavy (non-hydrogen) atoms. The number of esters is 1. The van der Waals surface area contributed by atoms with E-state index in [0.29, 0.717) is 27.7 Å². The highest BCUT2D eigenvalue weighted by molar-refractivity contribution is 6.30. The quantitative estimate of drug-likeness (QED) is 0.380. The highest BCUT2D eigenvalue weighted by Gasteiger charge is 2.31. The molecule has 5 nitrogen and oxygen atoms in total. The van der Waals surface area contributed by atoms with E-state index < -0.39 is 11.9 Å². The third-order valence-corrected chi connectivity index (χ3v) is 5.80. The van der Waals surface area contributed by atoms with Crippen molar-refractivity contribution in [1.82, 2.24) is 0 Å². The van der Waals surface area contributed by atoms with Gasteiger partial charge in [-0.05, 0) is 46.9 Å². The average molecular weight is 459 g/mol. The summed E-state index contributed by atoms with van der Waals surface area (Å²) >= 11 is 6.17. The van der Waals surface area contributed by atoms with E-state index in [1.54, 1.807) is 42.5 Å². The van der Waals surface area contributed by atoms with Crippen LogP contribution in [0.15, 0.2) is 78.2 Å². The number of ether oxygens (including phenoxy) is 2. The predicted molar refractivity (Wildman–Crippen MR) is 127 cm³/mol. The van der Waals surface area contributed by atoms with E-state index in [1.807, 2.05) is 24.3 Å². The smallest absolute Gasteiger partial charge is 0.343 e. The third kappa shape index (κ3) is 4.57. The summed E-state index contributed by atoms with van der Waals surface area (Å²) in [6, 6.07) is 21.8. The summed E-state index contributed by atoms with van der Waals surface area (Å²) in [5.74, 6) is -0.163. The number of allylic oxidation sites excluding steroid dienone is 1. The van der Waals surface area contributed by atoms with Crippen molar-refractivity contribution < 1.29 is 14.3 Å². The molecule has 166 valence electrons. The summed E-state index contributed by atoms with van der Waals surface area (Å²) in [5.41, 5.74) is 9.47. The first-order chi connectivity index (χ1) is 15.7. The van der Waals surface area contributed by atoms with Gasteiger partial charge >= 0.3 is 5.97 Å². The van der Waals surface area contributed by atoms with Crippen molar-refractivity contribution in [2.24, 2.45) is 5.73 Å². The van der Waals surface area contributed by atoms with Gasteiger partial charge in [0.05, 0.1) is 11.5 Å². The molecular weight excluding hydrogens is 436 g/mol. The number of hydrogen-bond donors (Lipinski definition) is 1. The Morgan fingerprint density at radius 2 is 1.82 bits per heavy atom. The van der Waals surface area contributed by atoms with Gasteiger partial charge in [-0.2, -0.15) is 5.26 Å². The molecule has 3 aromatic carbocycles. The predicted octanol–water partition coefficient (Wildman–Crippen LogP) is 6.07. The molecule has 1 aliphatic heterocycles. The number of carbonyl (C=O) groups excluding carboxylic acids is 1. The third-order valence-electron chi connectivity index (χ3n) is 5.57. The van der Waals surface area contributed by atoms with Gasteiger partial charge in [0.1, 0.15) is 23.1 Å². The standard InChI is InChI=1S/C27H23ClN2O3/c1-27(2,3)18-9-7-16(8-10-18)26(31)32-20-11-12-21-23(14-20)33-25(30)22(15-29)24(21)17-5-4-6-19(28)13-17/h4-14,24H,30H2,1-3H3. The van der Waals surface area contributed by atoms with Crippen LogP contribution in [0.2, 0.25) is 5.02 Å². The summed E-state index contributed by atoms with van der Waals surface area (Å²) in [7, 11) is 0. The number of nitriles is 1. The molecule has 0 aromatic heterocycles. The molecular formula is C27H23ClN2O3. The second kappa shape index (κ2) is 8.65. The van der Waals surface area contributed by atoms with Crippen molar-refractivity contribution in [3.8, 4) is 17.6 Å². The molecule has 1 atom stereocenters. The molecule has 1 heterocycles. The molecule has 1 aliphatic rings. The first-order valence-electron chi connectivity index (χ1n) is 10.5. The minimum Gasteiger partial charge on any atom is -0.440 e. The molecule has 4 rings (SSSR count). The van der Waals surface area contributed by atoms with Crippen LogP contribution in [0.4, 0.5) is 0 Å². The molecule has 0 radical (unpaired) electrons. The van der Waals surface area contributed by atoms with Crippen LogP contribution in [0.3, 0.4) is 0 Å². The van der Waals surface area contributed by atoms with Crippen LogP contribution >= 0.6 is 11.6 Å². The molecule has 1 unspecified atom stereocenters. The average Bonchev–Trinajstić information content (AvgIpc) is 2.77. The van der Waals surface area contributed by atoms with Crippen LogP contribution in [-0.4, -0.2) is 5.97 Å². The van der Waals surface area contributed by atoms with Crippen LogP contribution in [0.5, 0.6) is 11.5 Å². The van der Waals surface area contributed by atoms with Gasteiger partial charge in [-0.25, -0.2) is 4.79 Å². The fraction of sp³-hybridized carbons (Fsp3) is 0.185. The number of carbonyl (C=O) groups is 1. The number of benzene rings is 3. The highest BCUT2D eigenvalue weighted by atomic mass is 35.5. The summed E-state index contributed by atoms with van der Waals surface area (Å²) in [5, 5.41) is 10.2. The molecule has 3 aromatic rings. The van der Waals surface area contributed by atoms with Gasteiger partial charge in [-0.1, -0.05) is 62.7 Å². The number of rotatable bonds is 3. The van der Waals surface area contributed by atoms with Crippen molar-refractivity contribution in [3.05, 3.63) is 105 Å². The molecule has 0 amide bonds. The fourth-order valence-corrected chi connectivity index (χ4v) is 4.00. The van der Waals surface area contributed by atoms with Crippen molar-refractivity contribution in [2.75, 3.05) is 0 Å². The Balaban J connectivity index is 1.63. The minimum atomic E-state index is -0.473. The second-order valence-electron chi connectivity index (χ2n) is 8.90. The van der Waals surface area contributed by atoms with Gasteiger partial charge in [0.15, 0.2) is 0 Å². The van der Waals surface area contributed by atoms with Gasteiger partial charge in [0.2, 0.25) is 5.88 Å². The normalized spacial score (nSPS) is 15.3. The number of halogens is 1. The van der Waals surface area contributed by atoms with Gasteiger partial charge in [0.25, 0.3) is 0 Å². The second-order valence-corrected chi connectivity index (χ2v) is 9.33.